The van der Waals surface area contributed by atoms with Gasteiger partial charge < -0.3 is 24.7 Å². The van der Waals surface area contributed by atoms with E-state index < -0.39 is 23.3 Å². The quantitative estimate of drug-likeness (QED) is 0.550. The van der Waals surface area contributed by atoms with E-state index in [0.717, 1.165) is 0 Å². The third-order valence-electron chi connectivity index (χ3n) is 6.25. The molecule has 3 heterocycles. The monoisotopic (exact) mass is 562 g/mol. The van der Waals surface area contributed by atoms with Crippen LogP contribution in [0.3, 0.4) is 0 Å². The number of fused-ring (bicyclic) bond motifs is 1. The SMILES string of the molecule is CC(C)(C)OC(=O)N1CCOC[C@H]1CN.CC(C)(C)OC(=O)N1CCOC[C@H]1CN1C(=O)c2ccccc2C1=O. The summed E-state index contributed by atoms with van der Waals surface area (Å²) < 4.78 is 21.4. The number of rotatable bonds is 3. The molecular weight excluding hydrogens is 520 g/mol. The van der Waals surface area contributed by atoms with Crippen LogP contribution in [0.5, 0.6) is 0 Å². The van der Waals surface area contributed by atoms with E-state index in [1.807, 2.05) is 20.8 Å². The lowest BCUT2D eigenvalue weighted by Crippen LogP contribution is -2.55. The van der Waals surface area contributed by atoms with Crippen LogP contribution in [0.1, 0.15) is 62.3 Å². The minimum atomic E-state index is -0.616. The minimum absolute atomic E-state index is 0.0615. The first-order valence-corrected chi connectivity index (χ1v) is 13.5. The standard InChI is InChI=1S/C18H22N2O5.C10H20N2O3/c1-18(2,3)25-17(23)19-8-9-24-11-12(19)10-20-15(21)13-6-4-5-7-14(13)16(20)22;1-10(2,3)15-9(13)12-4-5-14-7-8(12)6-11/h4-7,12H,8-11H2,1-3H3;8H,4-7,11H2,1-3H3/t12-;8-/m11/s1. The topological polar surface area (TPSA) is 141 Å². The number of imide groups is 1. The summed E-state index contributed by atoms with van der Waals surface area (Å²) in [6.45, 7) is 14.0. The van der Waals surface area contributed by atoms with Gasteiger partial charge in [0.05, 0.1) is 56.2 Å². The third kappa shape index (κ3) is 8.15. The van der Waals surface area contributed by atoms with Gasteiger partial charge in [0, 0.05) is 19.6 Å². The van der Waals surface area contributed by atoms with Crippen molar-refractivity contribution < 1.29 is 38.1 Å². The first kappa shape index (κ1) is 31.3. The Morgan fingerprint density at radius 3 is 1.68 bits per heavy atom. The van der Waals surface area contributed by atoms with Crippen LogP contribution in [0.2, 0.25) is 0 Å². The van der Waals surface area contributed by atoms with Crippen LogP contribution in [0.4, 0.5) is 9.59 Å². The van der Waals surface area contributed by atoms with Gasteiger partial charge in [-0.25, -0.2) is 9.59 Å². The van der Waals surface area contributed by atoms with E-state index in [9.17, 15) is 19.2 Å². The van der Waals surface area contributed by atoms with Gasteiger partial charge in [-0.3, -0.25) is 24.3 Å². The Morgan fingerprint density at radius 2 is 1.25 bits per heavy atom. The number of carbonyl (C=O) groups excluding carboxylic acids is 4. The Labute approximate surface area is 235 Å². The molecule has 4 amide bonds. The van der Waals surface area contributed by atoms with Crippen molar-refractivity contribution in [2.24, 2.45) is 5.73 Å². The maximum absolute atomic E-state index is 12.5. The van der Waals surface area contributed by atoms with Crippen molar-refractivity contribution in [3.05, 3.63) is 35.4 Å². The predicted octanol–water partition coefficient (Wildman–Crippen LogP) is 2.50. The van der Waals surface area contributed by atoms with Crippen LogP contribution >= 0.6 is 0 Å². The molecule has 40 heavy (non-hydrogen) atoms. The fraction of sp³-hybridized carbons (Fsp3) is 0.643. The molecule has 0 saturated carbocycles. The zero-order valence-electron chi connectivity index (χ0n) is 24.3. The number of morpholine rings is 2. The molecule has 1 aromatic rings. The zero-order valence-corrected chi connectivity index (χ0v) is 24.3. The van der Waals surface area contributed by atoms with Gasteiger partial charge >= 0.3 is 12.2 Å². The molecule has 3 aliphatic heterocycles. The van der Waals surface area contributed by atoms with Crippen LogP contribution in [-0.4, -0.2) is 115 Å². The van der Waals surface area contributed by atoms with Crippen LogP contribution in [-0.2, 0) is 18.9 Å². The molecule has 0 aliphatic carbocycles. The summed E-state index contributed by atoms with van der Waals surface area (Å²) >= 11 is 0. The second-order valence-corrected chi connectivity index (χ2v) is 11.8. The number of nitrogens with zero attached hydrogens (tertiary/aromatic N) is 3. The Morgan fingerprint density at radius 1 is 0.825 bits per heavy atom. The second-order valence-electron chi connectivity index (χ2n) is 11.8. The van der Waals surface area contributed by atoms with Gasteiger partial charge in [0.15, 0.2) is 0 Å². The van der Waals surface area contributed by atoms with E-state index in [4.69, 9.17) is 24.7 Å². The molecule has 0 radical (unpaired) electrons. The molecule has 1 aromatic carbocycles. The molecule has 0 bridgehead atoms. The van der Waals surface area contributed by atoms with Crippen LogP contribution in [0, 0.1) is 0 Å². The van der Waals surface area contributed by atoms with E-state index in [1.54, 1.807) is 49.9 Å². The normalized spacial score (nSPS) is 21.4. The first-order valence-electron chi connectivity index (χ1n) is 13.5. The van der Waals surface area contributed by atoms with Crippen LogP contribution in [0.15, 0.2) is 24.3 Å². The lowest BCUT2D eigenvalue weighted by atomic mass is 10.1. The molecular formula is C28H42N4O8. The molecule has 4 rings (SSSR count). The molecule has 2 N–H and O–H groups in total. The second kappa shape index (κ2) is 13.0. The number of benzene rings is 1. The Hall–Kier alpha value is -3.22. The predicted molar refractivity (Wildman–Crippen MR) is 146 cm³/mol. The molecule has 2 saturated heterocycles. The number of ether oxygens (including phenoxy) is 4. The molecule has 3 aliphatic rings. The number of nitrogens with two attached hydrogens (primary N) is 1. The summed E-state index contributed by atoms with van der Waals surface area (Å²) in [5, 5.41) is 0. The van der Waals surface area contributed by atoms with Gasteiger partial charge in [-0.15, -0.1) is 0 Å². The number of hydrogen-bond donors (Lipinski definition) is 1. The highest BCUT2D eigenvalue weighted by molar-refractivity contribution is 6.21. The van der Waals surface area contributed by atoms with Gasteiger partial charge in [0.25, 0.3) is 11.8 Å². The van der Waals surface area contributed by atoms with Gasteiger partial charge in [-0.1, -0.05) is 12.1 Å². The molecule has 12 nitrogen and oxygen atoms in total. The lowest BCUT2D eigenvalue weighted by molar-refractivity contribution is -0.0367. The largest absolute Gasteiger partial charge is 0.444 e. The van der Waals surface area contributed by atoms with Crippen molar-refractivity contribution in [2.45, 2.75) is 64.8 Å². The Balaban J connectivity index is 0.000000252. The molecule has 0 aromatic heterocycles. The van der Waals surface area contributed by atoms with Crippen molar-refractivity contribution in [3.8, 4) is 0 Å². The van der Waals surface area contributed by atoms with Gasteiger partial charge in [-0.05, 0) is 53.7 Å². The maximum atomic E-state index is 12.5. The number of amides is 4. The van der Waals surface area contributed by atoms with Crippen molar-refractivity contribution in [3.63, 3.8) is 0 Å². The number of carbonyl (C=O) groups is 4. The molecule has 0 spiro atoms. The molecule has 2 atom stereocenters. The smallest absolute Gasteiger partial charge is 0.410 e. The Kier molecular flexibility index (Phi) is 10.1. The molecule has 0 unspecified atom stereocenters. The van der Waals surface area contributed by atoms with Gasteiger partial charge in [0.2, 0.25) is 0 Å². The van der Waals surface area contributed by atoms with Crippen molar-refractivity contribution >= 4 is 24.0 Å². The molecule has 2 fully saturated rings. The van der Waals surface area contributed by atoms with Crippen molar-refractivity contribution in [1.29, 1.82) is 0 Å². The number of hydrogen-bond acceptors (Lipinski definition) is 9. The zero-order chi connectivity index (χ0) is 29.7. The summed E-state index contributed by atoms with van der Waals surface area (Å²) in [5.41, 5.74) is 5.28. The van der Waals surface area contributed by atoms with Crippen LogP contribution < -0.4 is 5.73 Å². The van der Waals surface area contributed by atoms with Crippen molar-refractivity contribution in [1.82, 2.24) is 14.7 Å². The van der Waals surface area contributed by atoms with Gasteiger partial charge in [0.1, 0.15) is 11.2 Å². The minimum Gasteiger partial charge on any atom is -0.444 e. The highest BCUT2D eigenvalue weighted by Crippen LogP contribution is 2.24. The fourth-order valence-corrected chi connectivity index (χ4v) is 4.39. The van der Waals surface area contributed by atoms with E-state index in [-0.39, 0.29) is 37.1 Å². The van der Waals surface area contributed by atoms with E-state index in [2.05, 4.69) is 0 Å². The summed E-state index contributed by atoms with van der Waals surface area (Å²) in [4.78, 5) is 53.6. The summed E-state index contributed by atoms with van der Waals surface area (Å²) in [5.74, 6) is -0.675. The highest BCUT2D eigenvalue weighted by Gasteiger charge is 2.40. The average molecular weight is 563 g/mol. The lowest BCUT2D eigenvalue weighted by Gasteiger charge is -2.37. The fourth-order valence-electron chi connectivity index (χ4n) is 4.39. The highest BCUT2D eigenvalue weighted by atomic mass is 16.6. The van der Waals surface area contributed by atoms with Crippen LogP contribution in [0.25, 0.3) is 0 Å². The summed E-state index contributed by atoms with van der Waals surface area (Å²) in [6, 6.07) is 6.24. The summed E-state index contributed by atoms with van der Waals surface area (Å²) in [6.07, 6.45) is -0.765. The molecule has 222 valence electrons. The van der Waals surface area contributed by atoms with E-state index in [1.165, 1.54) is 9.80 Å². The van der Waals surface area contributed by atoms with Gasteiger partial charge in [-0.2, -0.15) is 0 Å². The Bertz CT molecular complexity index is 1050. The molecule has 12 heteroatoms. The summed E-state index contributed by atoms with van der Waals surface area (Å²) in [7, 11) is 0. The average Bonchev–Trinajstić information content (AvgIpc) is 3.12. The van der Waals surface area contributed by atoms with E-state index in [0.29, 0.717) is 50.6 Å². The first-order chi connectivity index (χ1) is 18.7. The van der Waals surface area contributed by atoms with Crippen molar-refractivity contribution in [2.75, 3.05) is 52.6 Å². The van der Waals surface area contributed by atoms with E-state index >= 15 is 0 Å². The maximum Gasteiger partial charge on any atom is 0.410 e. The third-order valence-corrected chi connectivity index (χ3v) is 6.25.